The number of hydrogen-bond donors (Lipinski definition) is 1. The highest BCUT2D eigenvalue weighted by Gasteiger charge is 2.34. The first-order valence-electron chi connectivity index (χ1n) is 7.99. The van der Waals surface area contributed by atoms with Crippen LogP contribution in [0.15, 0.2) is 18.3 Å². The fourth-order valence-electron chi connectivity index (χ4n) is 3.02. The van der Waals surface area contributed by atoms with Crippen LogP contribution in [0.4, 0.5) is 5.82 Å². The summed E-state index contributed by atoms with van der Waals surface area (Å²) in [6, 6.07) is 3.87. The van der Waals surface area contributed by atoms with E-state index < -0.39 is 0 Å². The largest absolute Gasteiger partial charge is 0.357 e. The molecule has 0 radical (unpaired) electrons. The summed E-state index contributed by atoms with van der Waals surface area (Å²) < 4.78 is 0. The van der Waals surface area contributed by atoms with Gasteiger partial charge in [0.25, 0.3) is 5.91 Å². The maximum Gasteiger partial charge on any atom is 0.251 e. The molecule has 2 aliphatic heterocycles. The lowest BCUT2D eigenvalue weighted by Crippen LogP contribution is -2.31. The number of carbonyl (C=O) groups is 1. The molecule has 0 bridgehead atoms. The van der Waals surface area contributed by atoms with Gasteiger partial charge in [-0.05, 0) is 61.2 Å². The molecule has 7 heteroatoms. The molecule has 23 heavy (non-hydrogen) atoms. The molecule has 2 fully saturated rings. The van der Waals surface area contributed by atoms with Gasteiger partial charge >= 0.3 is 0 Å². The number of nitrogens with zero attached hydrogens (tertiary/aromatic N) is 3. The lowest BCUT2D eigenvalue weighted by atomic mass is 10.2. The highest BCUT2D eigenvalue weighted by Crippen LogP contribution is 2.21. The van der Waals surface area contributed by atoms with Gasteiger partial charge in [-0.15, -0.1) is 0 Å². The molecule has 124 valence electrons. The minimum atomic E-state index is -0.171. The quantitative estimate of drug-likeness (QED) is 0.792. The van der Waals surface area contributed by atoms with Gasteiger partial charge in [-0.3, -0.25) is 9.69 Å². The maximum atomic E-state index is 12.5. The zero-order valence-corrected chi connectivity index (χ0v) is 15.0. The van der Waals surface area contributed by atoms with E-state index in [2.05, 4.69) is 21.3 Å². The molecule has 0 aromatic carbocycles. The standard InChI is InChI=1S/C16H22N4OS2/c1-23-9-5-13-15(21)20(16(22)18-13)11-12-4-6-17-14(10-12)19-7-2-3-8-19/h4,6,10,13H,2-3,5,7-9,11H2,1H3,(H,18,22). The Morgan fingerprint density at radius 1 is 1.43 bits per heavy atom. The Labute approximate surface area is 146 Å². The monoisotopic (exact) mass is 350 g/mol. The van der Waals surface area contributed by atoms with Crippen molar-refractivity contribution in [2.24, 2.45) is 0 Å². The Kier molecular flexibility index (Phi) is 5.38. The van der Waals surface area contributed by atoms with Gasteiger partial charge in [0.2, 0.25) is 0 Å². The van der Waals surface area contributed by atoms with E-state index in [4.69, 9.17) is 12.2 Å². The van der Waals surface area contributed by atoms with Crippen molar-refractivity contribution in [1.82, 2.24) is 15.2 Å². The molecule has 2 saturated heterocycles. The molecule has 1 amide bonds. The van der Waals surface area contributed by atoms with Gasteiger partial charge in [-0.1, -0.05) is 0 Å². The zero-order chi connectivity index (χ0) is 16.2. The lowest BCUT2D eigenvalue weighted by molar-refractivity contribution is -0.127. The molecule has 0 spiro atoms. The van der Waals surface area contributed by atoms with Crippen molar-refractivity contribution in [2.75, 3.05) is 30.0 Å². The zero-order valence-electron chi connectivity index (χ0n) is 13.3. The Bertz CT molecular complexity index is 589. The number of amides is 1. The average Bonchev–Trinajstić information content (AvgIpc) is 3.18. The summed E-state index contributed by atoms with van der Waals surface area (Å²) in [7, 11) is 0. The normalized spacial score (nSPS) is 21.2. The molecule has 0 aliphatic carbocycles. The third-order valence-corrected chi connectivity index (χ3v) is 5.28. The molecule has 3 heterocycles. The molecule has 3 rings (SSSR count). The molecule has 1 unspecified atom stereocenters. The van der Waals surface area contributed by atoms with Crippen LogP contribution < -0.4 is 10.2 Å². The summed E-state index contributed by atoms with van der Waals surface area (Å²) in [6.07, 6.45) is 7.13. The molecule has 1 atom stereocenters. The second kappa shape index (κ2) is 7.49. The highest BCUT2D eigenvalue weighted by molar-refractivity contribution is 7.98. The number of thioether (sulfide) groups is 1. The molecular formula is C16H22N4OS2. The molecular weight excluding hydrogens is 328 g/mol. The van der Waals surface area contributed by atoms with Gasteiger partial charge in [-0.2, -0.15) is 11.8 Å². The predicted octanol–water partition coefficient (Wildman–Crippen LogP) is 2.02. The number of anilines is 1. The second-order valence-corrected chi connectivity index (χ2v) is 7.30. The van der Waals surface area contributed by atoms with Crippen molar-refractivity contribution in [3.63, 3.8) is 0 Å². The van der Waals surface area contributed by atoms with Crippen molar-refractivity contribution in [2.45, 2.75) is 31.8 Å². The number of carbonyl (C=O) groups excluding carboxylic acids is 1. The summed E-state index contributed by atoms with van der Waals surface area (Å²) >= 11 is 7.09. The minimum absolute atomic E-state index is 0.0867. The Hall–Kier alpha value is -1.34. The number of thiocarbonyl (C=S) groups is 1. The third kappa shape index (κ3) is 3.77. The summed E-state index contributed by atoms with van der Waals surface area (Å²) in [6.45, 7) is 2.65. The van der Waals surface area contributed by atoms with Crippen molar-refractivity contribution in [3.8, 4) is 0 Å². The van der Waals surface area contributed by atoms with Crippen LogP contribution in [-0.4, -0.2) is 52.0 Å². The van der Waals surface area contributed by atoms with Gasteiger partial charge in [0, 0.05) is 19.3 Å². The van der Waals surface area contributed by atoms with Crippen LogP contribution in [0.25, 0.3) is 0 Å². The highest BCUT2D eigenvalue weighted by atomic mass is 32.2. The fraction of sp³-hybridized carbons (Fsp3) is 0.562. The smallest absolute Gasteiger partial charge is 0.251 e. The van der Waals surface area contributed by atoms with Gasteiger partial charge in [0.1, 0.15) is 11.9 Å². The fourth-order valence-corrected chi connectivity index (χ4v) is 3.79. The summed E-state index contributed by atoms with van der Waals surface area (Å²) in [5, 5.41) is 3.69. The lowest BCUT2D eigenvalue weighted by Gasteiger charge is -2.19. The van der Waals surface area contributed by atoms with Crippen LogP contribution in [-0.2, 0) is 11.3 Å². The van der Waals surface area contributed by atoms with Crippen LogP contribution in [0.3, 0.4) is 0 Å². The summed E-state index contributed by atoms with van der Waals surface area (Å²) in [5.41, 5.74) is 1.07. The van der Waals surface area contributed by atoms with Crippen LogP contribution in [0.2, 0.25) is 0 Å². The van der Waals surface area contributed by atoms with E-state index in [-0.39, 0.29) is 11.9 Å². The SMILES string of the molecule is CSCCC1NC(=S)N(Cc2ccnc(N3CCCC3)c2)C1=O. The number of hydrogen-bond acceptors (Lipinski definition) is 5. The van der Waals surface area contributed by atoms with Crippen LogP contribution in [0.5, 0.6) is 0 Å². The first-order valence-corrected chi connectivity index (χ1v) is 9.80. The molecule has 0 saturated carbocycles. The number of nitrogens with one attached hydrogen (secondary N) is 1. The number of pyridine rings is 1. The molecule has 2 aliphatic rings. The number of rotatable bonds is 6. The van der Waals surface area contributed by atoms with Gasteiger partial charge < -0.3 is 10.2 Å². The number of aromatic nitrogens is 1. The van der Waals surface area contributed by atoms with Crippen molar-refractivity contribution < 1.29 is 4.79 Å². The van der Waals surface area contributed by atoms with Crippen molar-refractivity contribution >= 4 is 40.8 Å². The van der Waals surface area contributed by atoms with E-state index in [1.54, 1.807) is 16.7 Å². The van der Waals surface area contributed by atoms with Crippen LogP contribution in [0, 0.1) is 0 Å². The minimum Gasteiger partial charge on any atom is -0.357 e. The van der Waals surface area contributed by atoms with Gasteiger partial charge in [-0.25, -0.2) is 4.98 Å². The molecule has 1 aromatic rings. The first-order chi connectivity index (χ1) is 11.2. The van der Waals surface area contributed by atoms with Crippen LogP contribution in [0.1, 0.15) is 24.8 Å². The van der Waals surface area contributed by atoms with E-state index in [0.29, 0.717) is 11.7 Å². The van der Waals surface area contributed by atoms with Crippen molar-refractivity contribution in [1.29, 1.82) is 0 Å². The van der Waals surface area contributed by atoms with E-state index in [1.165, 1.54) is 12.8 Å². The molecule has 1 aromatic heterocycles. The molecule has 1 N–H and O–H groups in total. The first kappa shape index (κ1) is 16.5. The van der Waals surface area contributed by atoms with Crippen LogP contribution >= 0.6 is 24.0 Å². The molecule has 5 nitrogen and oxygen atoms in total. The summed E-state index contributed by atoms with van der Waals surface area (Å²) in [5.74, 6) is 2.04. The van der Waals surface area contributed by atoms with E-state index in [9.17, 15) is 4.79 Å². The Morgan fingerprint density at radius 3 is 2.96 bits per heavy atom. The van der Waals surface area contributed by atoms with E-state index in [1.807, 2.05) is 18.5 Å². The topological polar surface area (TPSA) is 48.5 Å². The maximum absolute atomic E-state index is 12.5. The van der Waals surface area contributed by atoms with Crippen molar-refractivity contribution in [3.05, 3.63) is 23.9 Å². The Morgan fingerprint density at radius 2 is 2.22 bits per heavy atom. The average molecular weight is 351 g/mol. The van der Waals surface area contributed by atoms with Gasteiger partial charge in [0.15, 0.2) is 5.11 Å². The Balaban J connectivity index is 1.68. The predicted molar refractivity (Wildman–Crippen MR) is 98.8 cm³/mol. The van der Waals surface area contributed by atoms with E-state index in [0.717, 1.165) is 36.6 Å². The second-order valence-electron chi connectivity index (χ2n) is 5.92. The van der Waals surface area contributed by atoms with Gasteiger partial charge in [0.05, 0.1) is 6.54 Å². The van der Waals surface area contributed by atoms with E-state index >= 15 is 0 Å². The third-order valence-electron chi connectivity index (χ3n) is 4.30. The summed E-state index contributed by atoms with van der Waals surface area (Å²) in [4.78, 5) is 21.0.